The lowest BCUT2D eigenvalue weighted by Gasteiger charge is -2.23. The quantitative estimate of drug-likeness (QED) is 0.563. The molecule has 0 aromatic carbocycles. The Morgan fingerprint density at radius 2 is 1.62 bits per heavy atom. The first-order chi connectivity index (χ1) is 7.52. The van der Waals surface area contributed by atoms with Crippen molar-refractivity contribution in [1.29, 1.82) is 0 Å². The second-order valence-electron chi connectivity index (χ2n) is 5.90. The van der Waals surface area contributed by atoms with Gasteiger partial charge in [-0.05, 0) is 30.6 Å². The van der Waals surface area contributed by atoms with Gasteiger partial charge in [0, 0.05) is 12.5 Å². The molecule has 1 aliphatic rings. The van der Waals surface area contributed by atoms with Gasteiger partial charge in [0.1, 0.15) is 0 Å². The van der Waals surface area contributed by atoms with E-state index in [9.17, 15) is 0 Å². The predicted molar refractivity (Wildman–Crippen MR) is 71.6 cm³/mol. The van der Waals surface area contributed by atoms with Crippen LogP contribution in [0.1, 0.15) is 53.4 Å². The highest BCUT2D eigenvalue weighted by Gasteiger charge is 2.20. The van der Waals surface area contributed by atoms with Gasteiger partial charge in [0.15, 0.2) is 0 Å². The lowest BCUT2D eigenvalue weighted by Crippen LogP contribution is -2.25. The molecule has 1 saturated carbocycles. The van der Waals surface area contributed by atoms with Gasteiger partial charge in [0.05, 0.1) is 5.84 Å². The smallest absolute Gasteiger partial charge is 0.0968 e. The van der Waals surface area contributed by atoms with Crippen molar-refractivity contribution in [2.24, 2.45) is 34.4 Å². The fourth-order valence-electron chi connectivity index (χ4n) is 2.75. The lowest BCUT2D eigenvalue weighted by atomic mass is 9.86. The standard InChI is InChI=1S/C14H28N2/c1-10(2)13(11(3)4)9-16-14(15)12-7-5-6-8-12/h10-13H,5-9H2,1-4H3,(H2,15,16). The Labute approximate surface area is 101 Å². The maximum atomic E-state index is 6.08. The molecule has 2 nitrogen and oxygen atoms in total. The molecule has 2 N–H and O–H groups in total. The fourth-order valence-corrected chi connectivity index (χ4v) is 2.75. The largest absolute Gasteiger partial charge is 0.387 e. The Morgan fingerprint density at radius 3 is 2.06 bits per heavy atom. The molecule has 2 heteroatoms. The third-order valence-electron chi connectivity index (χ3n) is 3.97. The minimum Gasteiger partial charge on any atom is -0.387 e. The Hall–Kier alpha value is -0.530. The third kappa shape index (κ3) is 3.80. The molecule has 0 spiro atoms. The minimum absolute atomic E-state index is 0.583. The average Bonchev–Trinajstić information content (AvgIpc) is 2.69. The van der Waals surface area contributed by atoms with Gasteiger partial charge in [-0.1, -0.05) is 40.5 Å². The molecule has 1 fully saturated rings. The summed E-state index contributed by atoms with van der Waals surface area (Å²) in [5.74, 6) is 3.56. The number of hydrogen-bond donors (Lipinski definition) is 1. The number of nitrogens with zero attached hydrogens (tertiary/aromatic N) is 1. The van der Waals surface area contributed by atoms with E-state index < -0.39 is 0 Å². The number of nitrogens with two attached hydrogens (primary N) is 1. The van der Waals surface area contributed by atoms with E-state index >= 15 is 0 Å². The Balaban J connectivity index is 2.48. The molecule has 0 heterocycles. The van der Waals surface area contributed by atoms with Crippen molar-refractivity contribution < 1.29 is 0 Å². The van der Waals surface area contributed by atoms with Crippen molar-refractivity contribution in [2.45, 2.75) is 53.4 Å². The summed E-state index contributed by atoms with van der Waals surface area (Å²) >= 11 is 0. The number of hydrogen-bond acceptors (Lipinski definition) is 1. The van der Waals surface area contributed by atoms with E-state index in [-0.39, 0.29) is 0 Å². The molecule has 0 saturated heterocycles. The van der Waals surface area contributed by atoms with Gasteiger partial charge in [-0.2, -0.15) is 0 Å². The third-order valence-corrected chi connectivity index (χ3v) is 3.97. The summed E-state index contributed by atoms with van der Waals surface area (Å²) in [6.07, 6.45) is 5.17. The molecule has 0 bridgehead atoms. The summed E-state index contributed by atoms with van der Waals surface area (Å²) in [5, 5.41) is 0. The first-order valence-corrected chi connectivity index (χ1v) is 6.82. The minimum atomic E-state index is 0.583. The number of amidine groups is 1. The zero-order valence-corrected chi connectivity index (χ0v) is 11.4. The molecule has 0 amide bonds. The highest BCUT2D eigenvalue weighted by Crippen LogP contribution is 2.25. The van der Waals surface area contributed by atoms with Gasteiger partial charge in [0.2, 0.25) is 0 Å². The van der Waals surface area contributed by atoms with E-state index in [0.29, 0.717) is 23.7 Å². The van der Waals surface area contributed by atoms with Gasteiger partial charge in [0.25, 0.3) is 0 Å². The van der Waals surface area contributed by atoms with Gasteiger partial charge in [-0.25, -0.2) is 0 Å². The van der Waals surface area contributed by atoms with Crippen molar-refractivity contribution in [3.63, 3.8) is 0 Å². The van der Waals surface area contributed by atoms with E-state index in [1.54, 1.807) is 0 Å². The van der Waals surface area contributed by atoms with Crippen LogP contribution in [0.4, 0.5) is 0 Å². The zero-order valence-electron chi connectivity index (χ0n) is 11.4. The summed E-state index contributed by atoms with van der Waals surface area (Å²) in [7, 11) is 0. The van der Waals surface area contributed by atoms with Crippen molar-refractivity contribution in [3.8, 4) is 0 Å². The van der Waals surface area contributed by atoms with E-state index in [0.717, 1.165) is 12.4 Å². The van der Waals surface area contributed by atoms with Crippen molar-refractivity contribution in [3.05, 3.63) is 0 Å². The maximum Gasteiger partial charge on any atom is 0.0968 e. The Morgan fingerprint density at radius 1 is 1.12 bits per heavy atom. The molecule has 0 unspecified atom stereocenters. The summed E-state index contributed by atoms with van der Waals surface area (Å²) in [4.78, 5) is 4.64. The second-order valence-corrected chi connectivity index (χ2v) is 5.90. The highest BCUT2D eigenvalue weighted by molar-refractivity contribution is 5.83. The van der Waals surface area contributed by atoms with Gasteiger partial charge >= 0.3 is 0 Å². The van der Waals surface area contributed by atoms with Gasteiger partial charge in [-0.3, -0.25) is 4.99 Å². The second kappa shape index (κ2) is 6.27. The number of aliphatic imine (C=N–C) groups is 1. The Bertz CT molecular complexity index is 217. The van der Waals surface area contributed by atoms with Crippen LogP contribution in [0.5, 0.6) is 0 Å². The first-order valence-electron chi connectivity index (χ1n) is 6.82. The number of rotatable bonds is 5. The molecule has 16 heavy (non-hydrogen) atoms. The molecule has 94 valence electrons. The molecular weight excluding hydrogens is 196 g/mol. The van der Waals surface area contributed by atoms with Crippen LogP contribution in [0.25, 0.3) is 0 Å². The van der Waals surface area contributed by atoms with Crippen LogP contribution < -0.4 is 5.73 Å². The zero-order chi connectivity index (χ0) is 12.1. The maximum absolute atomic E-state index is 6.08. The lowest BCUT2D eigenvalue weighted by molar-refractivity contribution is 0.297. The molecule has 0 aliphatic heterocycles. The summed E-state index contributed by atoms with van der Waals surface area (Å²) in [5.41, 5.74) is 6.08. The van der Waals surface area contributed by atoms with Crippen LogP contribution in [0.15, 0.2) is 4.99 Å². The average molecular weight is 224 g/mol. The molecule has 1 rings (SSSR count). The van der Waals surface area contributed by atoms with Crippen LogP contribution in [0.3, 0.4) is 0 Å². The van der Waals surface area contributed by atoms with Crippen LogP contribution in [-0.2, 0) is 0 Å². The summed E-state index contributed by atoms with van der Waals surface area (Å²) in [6, 6.07) is 0. The highest BCUT2D eigenvalue weighted by atomic mass is 14.9. The molecular formula is C14H28N2. The molecule has 0 atom stereocenters. The van der Waals surface area contributed by atoms with Crippen molar-refractivity contribution in [1.82, 2.24) is 0 Å². The normalized spacial score (nSPS) is 19.3. The van der Waals surface area contributed by atoms with E-state index in [1.807, 2.05) is 0 Å². The SMILES string of the molecule is CC(C)C(CN=C(N)C1CCCC1)C(C)C. The topological polar surface area (TPSA) is 38.4 Å². The summed E-state index contributed by atoms with van der Waals surface area (Å²) in [6.45, 7) is 10.0. The van der Waals surface area contributed by atoms with E-state index in [1.165, 1.54) is 25.7 Å². The monoisotopic (exact) mass is 224 g/mol. The van der Waals surface area contributed by atoms with Gasteiger partial charge < -0.3 is 5.73 Å². The van der Waals surface area contributed by atoms with Crippen LogP contribution >= 0.6 is 0 Å². The predicted octanol–water partition coefficient (Wildman–Crippen LogP) is 3.46. The van der Waals surface area contributed by atoms with Gasteiger partial charge in [-0.15, -0.1) is 0 Å². The van der Waals surface area contributed by atoms with Crippen LogP contribution in [0.2, 0.25) is 0 Å². The molecule has 0 aromatic rings. The van der Waals surface area contributed by atoms with E-state index in [2.05, 4.69) is 32.7 Å². The Kier molecular flexibility index (Phi) is 5.30. The summed E-state index contributed by atoms with van der Waals surface area (Å²) < 4.78 is 0. The van der Waals surface area contributed by atoms with Crippen LogP contribution in [-0.4, -0.2) is 12.4 Å². The van der Waals surface area contributed by atoms with Crippen molar-refractivity contribution >= 4 is 5.84 Å². The van der Waals surface area contributed by atoms with E-state index in [4.69, 9.17) is 5.73 Å². The molecule has 0 aromatic heterocycles. The molecule has 1 aliphatic carbocycles. The van der Waals surface area contributed by atoms with Crippen molar-refractivity contribution in [2.75, 3.05) is 6.54 Å². The molecule has 0 radical (unpaired) electrons. The van der Waals surface area contributed by atoms with Crippen LogP contribution in [0, 0.1) is 23.7 Å². The fraction of sp³-hybridized carbons (Fsp3) is 0.929. The first kappa shape index (κ1) is 13.5.